The zero-order valence-electron chi connectivity index (χ0n) is 8.41. The van der Waals surface area contributed by atoms with Gasteiger partial charge >= 0.3 is 5.97 Å². The first-order valence-electron chi connectivity index (χ1n) is 4.97. The second-order valence-electron chi connectivity index (χ2n) is 3.82. The van der Waals surface area contributed by atoms with Crippen LogP contribution in [-0.4, -0.2) is 22.7 Å². The van der Waals surface area contributed by atoms with E-state index in [0.717, 1.165) is 22.9 Å². The van der Waals surface area contributed by atoms with Crippen molar-refractivity contribution in [1.82, 2.24) is 4.98 Å². The van der Waals surface area contributed by atoms with Crippen molar-refractivity contribution in [1.29, 1.82) is 0 Å². The van der Waals surface area contributed by atoms with Gasteiger partial charge in [-0.05, 0) is 12.1 Å². The van der Waals surface area contributed by atoms with E-state index in [2.05, 4.69) is 4.98 Å². The SMILES string of the molecule is Nc1cc2cc(C(=O)O)[nH]c2c2c1OCC2. The molecule has 0 saturated heterocycles. The van der Waals surface area contributed by atoms with Gasteiger partial charge in [-0.3, -0.25) is 0 Å². The van der Waals surface area contributed by atoms with Gasteiger partial charge in [0.15, 0.2) is 0 Å². The van der Waals surface area contributed by atoms with E-state index in [4.69, 9.17) is 15.6 Å². The van der Waals surface area contributed by atoms with Crippen molar-refractivity contribution in [3.8, 4) is 5.75 Å². The van der Waals surface area contributed by atoms with Gasteiger partial charge in [-0.15, -0.1) is 0 Å². The molecule has 0 atom stereocenters. The molecule has 4 N–H and O–H groups in total. The van der Waals surface area contributed by atoms with Crippen LogP contribution >= 0.6 is 0 Å². The van der Waals surface area contributed by atoms with Gasteiger partial charge in [0.25, 0.3) is 0 Å². The van der Waals surface area contributed by atoms with Gasteiger partial charge in [0.1, 0.15) is 11.4 Å². The molecule has 0 spiro atoms. The third-order valence-electron chi connectivity index (χ3n) is 2.83. The van der Waals surface area contributed by atoms with Crippen LogP contribution in [-0.2, 0) is 6.42 Å². The molecular weight excluding hydrogens is 208 g/mol. The number of aromatic amines is 1. The standard InChI is InChI=1S/C11H10N2O3/c12-7-3-5-4-8(11(14)15)13-9(5)6-1-2-16-10(6)7/h3-4,13H,1-2,12H2,(H,14,15). The van der Waals surface area contributed by atoms with Crippen molar-refractivity contribution in [3.63, 3.8) is 0 Å². The number of nitrogens with one attached hydrogen (secondary N) is 1. The second-order valence-corrected chi connectivity index (χ2v) is 3.82. The average Bonchev–Trinajstić information content (AvgIpc) is 2.80. The summed E-state index contributed by atoms with van der Waals surface area (Å²) in [5.74, 6) is -0.284. The molecule has 0 saturated carbocycles. The lowest BCUT2D eigenvalue weighted by molar-refractivity contribution is 0.0691. The van der Waals surface area contributed by atoms with Crippen molar-refractivity contribution in [2.45, 2.75) is 6.42 Å². The minimum atomic E-state index is -0.970. The molecule has 0 aliphatic carbocycles. The largest absolute Gasteiger partial charge is 0.491 e. The number of anilines is 1. The normalized spacial score (nSPS) is 13.8. The third kappa shape index (κ3) is 1.08. The molecule has 16 heavy (non-hydrogen) atoms. The Morgan fingerprint density at radius 2 is 2.31 bits per heavy atom. The van der Waals surface area contributed by atoms with Gasteiger partial charge in [-0.25, -0.2) is 4.79 Å². The van der Waals surface area contributed by atoms with Gasteiger partial charge in [0, 0.05) is 17.4 Å². The van der Waals surface area contributed by atoms with Crippen molar-refractivity contribution < 1.29 is 14.6 Å². The summed E-state index contributed by atoms with van der Waals surface area (Å²) in [5, 5.41) is 9.73. The minimum Gasteiger partial charge on any atom is -0.491 e. The number of benzene rings is 1. The fraction of sp³-hybridized carbons (Fsp3) is 0.182. The number of H-pyrrole nitrogens is 1. The number of carboxylic acid groups (broad SMARTS) is 1. The smallest absolute Gasteiger partial charge is 0.352 e. The van der Waals surface area contributed by atoms with Crippen LogP contribution in [0.15, 0.2) is 12.1 Å². The van der Waals surface area contributed by atoms with Gasteiger partial charge in [0.05, 0.1) is 17.8 Å². The number of carboxylic acids is 1. The van der Waals surface area contributed by atoms with Crippen LogP contribution in [0.2, 0.25) is 0 Å². The summed E-state index contributed by atoms with van der Waals surface area (Å²) < 4.78 is 5.41. The lowest BCUT2D eigenvalue weighted by Gasteiger charge is -2.03. The van der Waals surface area contributed by atoms with Gasteiger partial charge in [0.2, 0.25) is 0 Å². The van der Waals surface area contributed by atoms with Crippen LogP contribution in [0, 0.1) is 0 Å². The lowest BCUT2D eigenvalue weighted by atomic mass is 10.1. The monoisotopic (exact) mass is 218 g/mol. The topological polar surface area (TPSA) is 88.3 Å². The highest BCUT2D eigenvalue weighted by Crippen LogP contribution is 2.37. The molecule has 82 valence electrons. The van der Waals surface area contributed by atoms with Crippen LogP contribution in [0.5, 0.6) is 5.75 Å². The number of nitrogen functional groups attached to an aromatic ring is 1. The van der Waals surface area contributed by atoms with Gasteiger partial charge in [-0.1, -0.05) is 0 Å². The van der Waals surface area contributed by atoms with Crippen molar-refractivity contribution in [2.75, 3.05) is 12.3 Å². The highest BCUT2D eigenvalue weighted by atomic mass is 16.5. The fourth-order valence-electron chi connectivity index (χ4n) is 2.13. The predicted octanol–water partition coefficient (Wildman–Crippen LogP) is 1.38. The molecule has 0 fully saturated rings. The Morgan fingerprint density at radius 1 is 1.50 bits per heavy atom. The molecular formula is C11H10N2O3. The molecule has 0 amide bonds. The molecule has 1 aliphatic rings. The van der Waals surface area contributed by atoms with E-state index in [9.17, 15) is 4.79 Å². The number of aromatic nitrogens is 1. The average molecular weight is 218 g/mol. The van der Waals surface area contributed by atoms with E-state index < -0.39 is 5.97 Å². The summed E-state index contributed by atoms with van der Waals surface area (Å²) in [6, 6.07) is 3.33. The molecule has 0 radical (unpaired) electrons. The molecule has 2 aromatic rings. The number of aromatic carboxylic acids is 1. The first-order chi connectivity index (χ1) is 7.66. The first-order valence-corrected chi connectivity index (χ1v) is 4.97. The minimum absolute atomic E-state index is 0.176. The summed E-state index contributed by atoms with van der Waals surface area (Å²) in [6.07, 6.45) is 0.760. The third-order valence-corrected chi connectivity index (χ3v) is 2.83. The maximum Gasteiger partial charge on any atom is 0.352 e. The molecule has 0 unspecified atom stereocenters. The summed E-state index contributed by atoms with van der Waals surface area (Å²) in [7, 11) is 0. The molecule has 5 heteroatoms. The Hall–Kier alpha value is -2.17. The number of rotatable bonds is 1. The van der Waals surface area contributed by atoms with Crippen LogP contribution in [0.4, 0.5) is 5.69 Å². The van der Waals surface area contributed by atoms with E-state index in [1.165, 1.54) is 0 Å². The summed E-state index contributed by atoms with van der Waals surface area (Å²) in [6.45, 7) is 0.597. The highest BCUT2D eigenvalue weighted by molar-refractivity contribution is 5.97. The number of nitrogens with two attached hydrogens (primary N) is 1. The lowest BCUT2D eigenvalue weighted by Crippen LogP contribution is -1.95. The second kappa shape index (κ2) is 2.91. The van der Waals surface area contributed by atoms with Crippen molar-refractivity contribution >= 4 is 22.6 Å². The number of fused-ring (bicyclic) bond motifs is 3. The predicted molar refractivity (Wildman–Crippen MR) is 58.9 cm³/mol. The first kappa shape index (κ1) is 9.08. The number of ether oxygens (including phenoxy) is 1. The van der Waals surface area contributed by atoms with E-state index in [1.54, 1.807) is 12.1 Å². The summed E-state index contributed by atoms with van der Waals surface area (Å²) in [4.78, 5) is 13.7. The molecule has 2 heterocycles. The van der Waals surface area contributed by atoms with Crippen LogP contribution in [0.3, 0.4) is 0 Å². The Labute approximate surface area is 90.8 Å². The Balaban J connectivity index is 2.35. The number of hydrogen-bond acceptors (Lipinski definition) is 3. The summed E-state index contributed by atoms with van der Waals surface area (Å²) in [5.41, 5.74) is 8.37. The van der Waals surface area contributed by atoms with Crippen LogP contribution in [0.1, 0.15) is 16.1 Å². The molecule has 1 aromatic heterocycles. The zero-order chi connectivity index (χ0) is 11.3. The Bertz CT molecular complexity index is 601. The summed E-state index contributed by atoms with van der Waals surface area (Å²) >= 11 is 0. The van der Waals surface area contributed by atoms with E-state index in [0.29, 0.717) is 18.0 Å². The van der Waals surface area contributed by atoms with Crippen molar-refractivity contribution in [3.05, 3.63) is 23.4 Å². The fourth-order valence-corrected chi connectivity index (χ4v) is 2.13. The van der Waals surface area contributed by atoms with Crippen LogP contribution in [0.25, 0.3) is 10.9 Å². The van der Waals surface area contributed by atoms with Crippen molar-refractivity contribution in [2.24, 2.45) is 0 Å². The van der Waals surface area contributed by atoms with Gasteiger partial charge < -0.3 is 20.6 Å². The van der Waals surface area contributed by atoms with E-state index in [1.807, 2.05) is 0 Å². The van der Waals surface area contributed by atoms with Crippen LogP contribution < -0.4 is 10.5 Å². The Kier molecular flexibility index (Phi) is 1.65. The molecule has 5 nitrogen and oxygen atoms in total. The number of carbonyl (C=O) groups is 1. The molecule has 1 aromatic carbocycles. The van der Waals surface area contributed by atoms with E-state index in [-0.39, 0.29) is 5.69 Å². The zero-order valence-corrected chi connectivity index (χ0v) is 8.41. The maximum atomic E-state index is 10.9. The number of hydrogen-bond donors (Lipinski definition) is 3. The quantitative estimate of drug-likeness (QED) is 0.631. The Morgan fingerprint density at radius 3 is 3.06 bits per heavy atom. The van der Waals surface area contributed by atoms with E-state index >= 15 is 0 Å². The highest BCUT2D eigenvalue weighted by Gasteiger charge is 2.21. The molecule has 0 bridgehead atoms. The molecule has 3 rings (SSSR count). The van der Waals surface area contributed by atoms with Gasteiger partial charge in [-0.2, -0.15) is 0 Å². The molecule has 1 aliphatic heterocycles. The maximum absolute atomic E-state index is 10.9.